The fraction of sp³-hybridized carbons (Fsp3) is 0.286. The highest BCUT2D eigenvalue weighted by Gasteiger charge is 2.20. The SMILES string of the molecule is O=C(COC(=O)c1cccc(Br)c1)Nc1ccccc1C(=O)NC1CCCC1. The Bertz CT molecular complexity index is 878. The zero-order valence-corrected chi connectivity index (χ0v) is 16.8. The van der Waals surface area contributed by atoms with Crippen molar-refractivity contribution >= 4 is 39.4 Å². The number of rotatable bonds is 6. The Balaban J connectivity index is 1.58. The number of anilines is 1. The normalized spacial score (nSPS) is 13.8. The van der Waals surface area contributed by atoms with Gasteiger partial charge >= 0.3 is 5.97 Å². The first kappa shape index (κ1) is 20.1. The van der Waals surface area contributed by atoms with E-state index in [-0.39, 0.29) is 11.9 Å². The molecule has 1 aliphatic carbocycles. The number of hydrogen-bond acceptors (Lipinski definition) is 4. The fourth-order valence-electron chi connectivity index (χ4n) is 3.14. The highest BCUT2D eigenvalue weighted by atomic mass is 79.9. The third-order valence-corrected chi connectivity index (χ3v) is 5.02. The Hall–Kier alpha value is -2.67. The van der Waals surface area contributed by atoms with Crippen molar-refractivity contribution in [2.75, 3.05) is 11.9 Å². The number of esters is 1. The molecule has 0 bridgehead atoms. The second kappa shape index (κ2) is 9.50. The summed E-state index contributed by atoms with van der Waals surface area (Å²) in [6.07, 6.45) is 4.19. The van der Waals surface area contributed by atoms with Crippen LogP contribution in [0.1, 0.15) is 46.4 Å². The average molecular weight is 445 g/mol. The zero-order chi connectivity index (χ0) is 19.9. The minimum atomic E-state index is -0.594. The summed E-state index contributed by atoms with van der Waals surface area (Å²) in [4.78, 5) is 36.8. The van der Waals surface area contributed by atoms with Crippen molar-refractivity contribution in [3.05, 3.63) is 64.1 Å². The van der Waals surface area contributed by atoms with Crippen molar-refractivity contribution in [1.82, 2.24) is 5.32 Å². The van der Waals surface area contributed by atoms with E-state index in [1.165, 1.54) is 0 Å². The number of carbonyl (C=O) groups is 3. The maximum Gasteiger partial charge on any atom is 0.338 e. The largest absolute Gasteiger partial charge is 0.452 e. The second-order valence-corrected chi connectivity index (χ2v) is 7.55. The van der Waals surface area contributed by atoms with E-state index in [4.69, 9.17) is 4.74 Å². The molecule has 0 unspecified atom stereocenters. The van der Waals surface area contributed by atoms with Gasteiger partial charge in [0.25, 0.3) is 11.8 Å². The van der Waals surface area contributed by atoms with Crippen LogP contribution < -0.4 is 10.6 Å². The number of ether oxygens (including phenoxy) is 1. The number of hydrogen-bond donors (Lipinski definition) is 2. The summed E-state index contributed by atoms with van der Waals surface area (Å²) in [5, 5.41) is 5.65. The van der Waals surface area contributed by atoms with E-state index in [0.29, 0.717) is 16.8 Å². The van der Waals surface area contributed by atoms with Gasteiger partial charge in [-0.05, 0) is 43.2 Å². The Morgan fingerprint density at radius 3 is 2.54 bits per heavy atom. The van der Waals surface area contributed by atoms with Gasteiger partial charge < -0.3 is 15.4 Å². The zero-order valence-electron chi connectivity index (χ0n) is 15.2. The number of halogens is 1. The molecule has 2 aromatic rings. The minimum absolute atomic E-state index is 0.183. The molecule has 6 nitrogen and oxygen atoms in total. The summed E-state index contributed by atoms with van der Waals surface area (Å²) >= 11 is 3.28. The van der Waals surface area contributed by atoms with Crippen molar-refractivity contribution in [2.45, 2.75) is 31.7 Å². The van der Waals surface area contributed by atoms with Crippen molar-refractivity contribution in [3.63, 3.8) is 0 Å². The molecule has 2 aromatic carbocycles. The molecule has 0 heterocycles. The van der Waals surface area contributed by atoms with Gasteiger partial charge in [0.05, 0.1) is 16.8 Å². The van der Waals surface area contributed by atoms with Crippen molar-refractivity contribution < 1.29 is 19.1 Å². The minimum Gasteiger partial charge on any atom is -0.452 e. The van der Waals surface area contributed by atoms with Gasteiger partial charge in [-0.3, -0.25) is 9.59 Å². The molecule has 0 saturated heterocycles. The van der Waals surface area contributed by atoms with E-state index in [1.807, 2.05) is 0 Å². The summed E-state index contributed by atoms with van der Waals surface area (Å²) < 4.78 is 5.80. The van der Waals surface area contributed by atoms with E-state index in [2.05, 4.69) is 26.6 Å². The molecule has 0 spiro atoms. The van der Waals surface area contributed by atoms with Crippen LogP contribution in [-0.2, 0) is 9.53 Å². The fourth-order valence-corrected chi connectivity index (χ4v) is 3.54. The lowest BCUT2D eigenvalue weighted by atomic mass is 10.1. The Labute approximate surface area is 171 Å². The van der Waals surface area contributed by atoms with E-state index >= 15 is 0 Å². The summed E-state index contributed by atoms with van der Waals surface area (Å²) in [5.41, 5.74) is 1.13. The molecule has 1 aliphatic rings. The summed E-state index contributed by atoms with van der Waals surface area (Å²) in [6.45, 7) is -0.441. The van der Waals surface area contributed by atoms with Gasteiger partial charge in [-0.25, -0.2) is 4.79 Å². The summed E-state index contributed by atoms with van der Waals surface area (Å²) in [7, 11) is 0. The van der Waals surface area contributed by atoms with E-state index in [9.17, 15) is 14.4 Å². The van der Waals surface area contributed by atoms with Crippen molar-refractivity contribution in [1.29, 1.82) is 0 Å². The summed E-state index contributed by atoms with van der Waals surface area (Å²) in [6, 6.07) is 13.7. The molecule has 2 amide bonds. The standard InChI is InChI=1S/C21H21BrN2O4/c22-15-7-5-6-14(12-15)21(27)28-13-19(25)24-18-11-4-3-10-17(18)20(26)23-16-8-1-2-9-16/h3-7,10-12,16H,1-2,8-9,13H2,(H,23,26)(H,24,25). The third kappa shape index (κ3) is 5.42. The molecule has 0 atom stereocenters. The first-order valence-electron chi connectivity index (χ1n) is 9.15. The molecule has 2 N–H and O–H groups in total. The van der Waals surface area contributed by atoms with Gasteiger partial charge in [-0.1, -0.05) is 47.0 Å². The third-order valence-electron chi connectivity index (χ3n) is 4.53. The predicted octanol–water partition coefficient (Wildman–Crippen LogP) is 3.92. The molecule has 3 rings (SSSR count). The second-order valence-electron chi connectivity index (χ2n) is 6.64. The van der Waals surface area contributed by atoms with Gasteiger partial charge in [0, 0.05) is 10.5 Å². The Kier molecular flexibility index (Phi) is 6.81. The van der Waals surface area contributed by atoms with Gasteiger partial charge in [0.2, 0.25) is 0 Å². The topological polar surface area (TPSA) is 84.5 Å². The number of para-hydroxylation sites is 1. The Morgan fingerprint density at radius 1 is 1.04 bits per heavy atom. The van der Waals surface area contributed by atoms with Crippen LogP contribution in [0.2, 0.25) is 0 Å². The molecule has 0 aliphatic heterocycles. The highest BCUT2D eigenvalue weighted by Crippen LogP contribution is 2.20. The molecule has 7 heteroatoms. The Morgan fingerprint density at radius 2 is 1.79 bits per heavy atom. The molecular weight excluding hydrogens is 424 g/mol. The van der Waals surface area contributed by atoms with Gasteiger partial charge in [-0.2, -0.15) is 0 Å². The van der Waals surface area contributed by atoms with Crippen LogP contribution in [-0.4, -0.2) is 30.4 Å². The van der Waals surface area contributed by atoms with Gasteiger partial charge in [0.1, 0.15) is 0 Å². The van der Waals surface area contributed by atoms with Crippen LogP contribution in [0.5, 0.6) is 0 Å². The van der Waals surface area contributed by atoms with Crippen molar-refractivity contribution in [2.24, 2.45) is 0 Å². The summed E-state index contributed by atoms with van der Waals surface area (Å²) in [5.74, 6) is -1.32. The molecule has 28 heavy (non-hydrogen) atoms. The van der Waals surface area contributed by atoms with E-state index < -0.39 is 18.5 Å². The molecular formula is C21H21BrN2O4. The number of benzene rings is 2. The first-order chi connectivity index (χ1) is 13.5. The monoisotopic (exact) mass is 444 g/mol. The predicted molar refractivity (Wildman–Crippen MR) is 109 cm³/mol. The highest BCUT2D eigenvalue weighted by molar-refractivity contribution is 9.10. The van der Waals surface area contributed by atoms with Crippen LogP contribution in [0.4, 0.5) is 5.69 Å². The van der Waals surface area contributed by atoms with Crippen molar-refractivity contribution in [3.8, 4) is 0 Å². The maximum atomic E-state index is 12.5. The molecule has 1 saturated carbocycles. The molecule has 0 radical (unpaired) electrons. The van der Waals surface area contributed by atoms with E-state index in [1.54, 1.807) is 48.5 Å². The van der Waals surface area contributed by atoms with Crippen LogP contribution in [0.3, 0.4) is 0 Å². The quantitative estimate of drug-likeness (QED) is 0.661. The van der Waals surface area contributed by atoms with E-state index in [0.717, 1.165) is 30.2 Å². The van der Waals surface area contributed by atoms with Crippen LogP contribution >= 0.6 is 15.9 Å². The lowest BCUT2D eigenvalue weighted by molar-refractivity contribution is -0.119. The smallest absolute Gasteiger partial charge is 0.338 e. The lowest BCUT2D eigenvalue weighted by Crippen LogP contribution is -2.33. The number of nitrogens with one attached hydrogen (secondary N) is 2. The molecule has 0 aromatic heterocycles. The molecule has 1 fully saturated rings. The first-order valence-corrected chi connectivity index (χ1v) is 9.94. The molecule has 146 valence electrons. The van der Waals surface area contributed by atoms with Gasteiger partial charge in [-0.15, -0.1) is 0 Å². The average Bonchev–Trinajstić information content (AvgIpc) is 3.19. The van der Waals surface area contributed by atoms with Crippen LogP contribution in [0.15, 0.2) is 53.0 Å². The van der Waals surface area contributed by atoms with Crippen LogP contribution in [0.25, 0.3) is 0 Å². The number of carbonyl (C=O) groups excluding carboxylic acids is 3. The maximum absolute atomic E-state index is 12.5. The van der Waals surface area contributed by atoms with Crippen LogP contribution in [0, 0.1) is 0 Å². The van der Waals surface area contributed by atoms with Gasteiger partial charge in [0.15, 0.2) is 6.61 Å². The number of amides is 2. The lowest BCUT2D eigenvalue weighted by Gasteiger charge is -2.15.